The van der Waals surface area contributed by atoms with Gasteiger partial charge in [-0.2, -0.15) is 0 Å². The number of hydrogen-bond donors (Lipinski definition) is 1. The molecular formula is C15H21N3O3. The van der Waals surface area contributed by atoms with Gasteiger partial charge >= 0.3 is 6.03 Å². The average molecular weight is 291 g/mol. The number of amides is 3. The van der Waals surface area contributed by atoms with Crippen molar-refractivity contribution in [1.82, 2.24) is 15.1 Å². The first-order valence-corrected chi connectivity index (χ1v) is 6.74. The highest BCUT2D eigenvalue weighted by molar-refractivity contribution is 5.74. The summed E-state index contributed by atoms with van der Waals surface area (Å²) >= 11 is 0. The predicted molar refractivity (Wildman–Crippen MR) is 79.5 cm³/mol. The fourth-order valence-electron chi connectivity index (χ4n) is 1.71. The Hall–Kier alpha value is -2.37. The van der Waals surface area contributed by atoms with Crippen LogP contribution in [0.4, 0.5) is 4.79 Å². The Balaban J connectivity index is 2.43. The number of nitrogens with one attached hydrogen (secondary N) is 1. The monoisotopic (exact) mass is 291 g/mol. The SMILES string of the molecule is Cc1ccc(CN(C=O)CNC(=O)N(C)CCC=O)cc1. The summed E-state index contributed by atoms with van der Waals surface area (Å²) in [6.45, 7) is 2.91. The maximum Gasteiger partial charge on any atom is 0.318 e. The first-order chi connectivity index (χ1) is 10.1. The quantitative estimate of drug-likeness (QED) is 0.577. The average Bonchev–Trinajstić information content (AvgIpc) is 2.50. The lowest BCUT2D eigenvalue weighted by molar-refractivity contribution is -0.118. The molecule has 1 rings (SSSR count). The van der Waals surface area contributed by atoms with E-state index in [-0.39, 0.29) is 12.7 Å². The zero-order valence-electron chi connectivity index (χ0n) is 12.4. The van der Waals surface area contributed by atoms with Gasteiger partial charge in [0.05, 0.1) is 6.67 Å². The Bertz CT molecular complexity index is 474. The summed E-state index contributed by atoms with van der Waals surface area (Å²) in [5.74, 6) is 0. The van der Waals surface area contributed by atoms with Crippen LogP contribution in [0.3, 0.4) is 0 Å². The van der Waals surface area contributed by atoms with Crippen molar-refractivity contribution in [3.05, 3.63) is 35.4 Å². The maximum atomic E-state index is 11.7. The molecule has 114 valence electrons. The predicted octanol–water partition coefficient (Wildman–Crippen LogP) is 1.14. The molecule has 3 amide bonds. The molecule has 0 aliphatic heterocycles. The summed E-state index contributed by atoms with van der Waals surface area (Å²) in [6, 6.07) is 7.54. The van der Waals surface area contributed by atoms with E-state index in [1.165, 1.54) is 9.80 Å². The molecule has 21 heavy (non-hydrogen) atoms. The smallest absolute Gasteiger partial charge is 0.318 e. The maximum absolute atomic E-state index is 11.7. The fourth-order valence-corrected chi connectivity index (χ4v) is 1.71. The van der Waals surface area contributed by atoms with E-state index < -0.39 is 0 Å². The Morgan fingerprint density at radius 3 is 2.48 bits per heavy atom. The van der Waals surface area contributed by atoms with Crippen LogP contribution in [-0.4, -0.2) is 48.8 Å². The van der Waals surface area contributed by atoms with Gasteiger partial charge in [-0.25, -0.2) is 4.79 Å². The number of nitrogens with zero attached hydrogens (tertiary/aromatic N) is 2. The van der Waals surface area contributed by atoms with E-state index in [0.717, 1.165) is 17.4 Å². The van der Waals surface area contributed by atoms with E-state index in [9.17, 15) is 14.4 Å². The van der Waals surface area contributed by atoms with Crippen LogP contribution in [0.5, 0.6) is 0 Å². The van der Waals surface area contributed by atoms with Crippen molar-refractivity contribution in [2.24, 2.45) is 0 Å². The zero-order valence-corrected chi connectivity index (χ0v) is 12.4. The van der Waals surface area contributed by atoms with Crippen LogP contribution in [0.1, 0.15) is 17.5 Å². The number of urea groups is 1. The van der Waals surface area contributed by atoms with Crippen molar-refractivity contribution in [3.8, 4) is 0 Å². The lowest BCUT2D eigenvalue weighted by atomic mass is 10.1. The molecule has 0 heterocycles. The summed E-state index contributed by atoms with van der Waals surface area (Å²) in [5.41, 5.74) is 2.15. The molecule has 0 bridgehead atoms. The highest BCUT2D eigenvalue weighted by atomic mass is 16.2. The number of rotatable bonds is 8. The fraction of sp³-hybridized carbons (Fsp3) is 0.400. The van der Waals surface area contributed by atoms with Crippen LogP contribution in [0.2, 0.25) is 0 Å². The number of hydrogen-bond acceptors (Lipinski definition) is 3. The number of aryl methyl sites for hydroxylation is 1. The van der Waals surface area contributed by atoms with Gasteiger partial charge in [-0.1, -0.05) is 29.8 Å². The van der Waals surface area contributed by atoms with Gasteiger partial charge in [0.25, 0.3) is 0 Å². The van der Waals surface area contributed by atoms with Crippen LogP contribution in [0.25, 0.3) is 0 Å². The lowest BCUT2D eigenvalue weighted by Gasteiger charge is -2.21. The summed E-state index contributed by atoms with van der Waals surface area (Å²) in [7, 11) is 1.60. The minimum Gasteiger partial charge on any atom is -0.327 e. The van der Waals surface area contributed by atoms with Crippen LogP contribution in [0.15, 0.2) is 24.3 Å². The van der Waals surface area contributed by atoms with Crippen molar-refractivity contribution in [2.75, 3.05) is 20.3 Å². The zero-order chi connectivity index (χ0) is 15.7. The van der Waals surface area contributed by atoms with Gasteiger partial charge in [-0.3, -0.25) is 4.79 Å². The molecule has 0 radical (unpaired) electrons. The standard InChI is InChI=1S/C15H21N3O3/c1-13-4-6-14(7-5-13)10-18(12-20)11-16-15(21)17(2)8-3-9-19/h4-7,9,12H,3,8,10-11H2,1-2H3,(H,16,21). The second-order valence-corrected chi connectivity index (χ2v) is 4.85. The highest BCUT2D eigenvalue weighted by Gasteiger charge is 2.09. The van der Waals surface area contributed by atoms with Crippen LogP contribution < -0.4 is 5.32 Å². The Morgan fingerprint density at radius 1 is 1.24 bits per heavy atom. The van der Waals surface area contributed by atoms with Gasteiger partial charge in [-0.05, 0) is 12.5 Å². The second kappa shape index (κ2) is 8.73. The Labute approximate surface area is 124 Å². The molecule has 0 spiro atoms. The molecule has 6 heteroatoms. The molecule has 0 aromatic heterocycles. The largest absolute Gasteiger partial charge is 0.327 e. The normalized spacial score (nSPS) is 9.81. The molecule has 0 fully saturated rings. The highest BCUT2D eigenvalue weighted by Crippen LogP contribution is 2.05. The third kappa shape index (κ3) is 6.07. The van der Waals surface area contributed by atoms with Gasteiger partial charge in [0.2, 0.25) is 6.41 Å². The van der Waals surface area contributed by atoms with E-state index in [4.69, 9.17) is 0 Å². The van der Waals surface area contributed by atoms with Crippen molar-refractivity contribution in [2.45, 2.75) is 19.9 Å². The molecule has 0 aliphatic carbocycles. The van der Waals surface area contributed by atoms with Crippen molar-refractivity contribution in [3.63, 3.8) is 0 Å². The summed E-state index contributed by atoms with van der Waals surface area (Å²) < 4.78 is 0. The van der Waals surface area contributed by atoms with Crippen molar-refractivity contribution < 1.29 is 14.4 Å². The van der Waals surface area contributed by atoms with E-state index in [2.05, 4.69) is 5.32 Å². The summed E-state index contributed by atoms with van der Waals surface area (Å²) in [4.78, 5) is 35.9. The molecule has 0 saturated carbocycles. The molecule has 1 N–H and O–H groups in total. The third-order valence-corrected chi connectivity index (χ3v) is 3.02. The molecule has 6 nitrogen and oxygen atoms in total. The topological polar surface area (TPSA) is 69.7 Å². The Kier molecular flexibility index (Phi) is 6.94. The van der Waals surface area contributed by atoms with Crippen molar-refractivity contribution >= 4 is 18.7 Å². The molecule has 0 unspecified atom stereocenters. The molecular weight excluding hydrogens is 270 g/mol. The summed E-state index contributed by atoms with van der Waals surface area (Å²) in [6.07, 6.45) is 1.76. The number of benzene rings is 1. The number of aldehydes is 1. The first kappa shape index (κ1) is 16.7. The van der Waals surface area contributed by atoms with Crippen LogP contribution in [0, 0.1) is 6.92 Å². The number of carbonyl (C=O) groups is 3. The van der Waals surface area contributed by atoms with E-state index in [1.54, 1.807) is 7.05 Å². The molecule has 0 saturated heterocycles. The molecule has 1 aromatic rings. The van der Waals surface area contributed by atoms with Crippen LogP contribution in [-0.2, 0) is 16.1 Å². The second-order valence-electron chi connectivity index (χ2n) is 4.85. The third-order valence-electron chi connectivity index (χ3n) is 3.02. The Morgan fingerprint density at radius 2 is 1.90 bits per heavy atom. The van der Waals surface area contributed by atoms with E-state index in [0.29, 0.717) is 25.9 Å². The minimum atomic E-state index is -0.312. The van der Waals surface area contributed by atoms with Crippen LogP contribution >= 0.6 is 0 Å². The van der Waals surface area contributed by atoms with Gasteiger partial charge in [-0.15, -0.1) is 0 Å². The van der Waals surface area contributed by atoms with Gasteiger partial charge < -0.3 is 19.9 Å². The van der Waals surface area contributed by atoms with E-state index in [1.807, 2.05) is 31.2 Å². The minimum absolute atomic E-state index is 0.127. The first-order valence-electron chi connectivity index (χ1n) is 6.74. The van der Waals surface area contributed by atoms with Gasteiger partial charge in [0, 0.05) is 26.6 Å². The lowest BCUT2D eigenvalue weighted by Crippen LogP contribution is -2.43. The van der Waals surface area contributed by atoms with Gasteiger partial charge in [0.15, 0.2) is 0 Å². The summed E-state index contributed by atoms with van der Waals surface area (Å²) in [5, 5.41) is 2.64. The molecule has 0 atom stereocenters. The number of carbonyl (C=O) groups excluding carboxylic acids is 3. The molecule has 0 aliphatic rings. The van der Waals surface area contributed by atoms with Crippen molar-refractivity contribution in [1.29, 1.82) is 0 Å². The van der Waals surface area contributed by atoms with Gasteiger partial charge in [0.1, 0.15) is 6.29 Å². The van der Waals surface area contributed by atoms with E-state index >= 15 is 0 Å². The molecule has 1 aromatic carbocycles.